The first-order valence-corrected chi connectivity index (χ1v) is 8.17. The van der Waals surface area contributed by atoms with Gasteiger partial charge in [0.1, 0.15) is 11.5 Å². The molecule has 29 heavy (non-hydrogen) atoms. The molecule has 2 aromatic rings. The van der Waals surface area contributed by atoms with E-state index in [2.05, 4.69) is 5.10 Å². The molecule has 11 heteroatoms. The number of halogens is 3. The van der Waals surface area contributed by atoms with E-state index in [0.29, 0.717) is 5.01 Å². The second-order valence-electron chi connectivity index (χ2n) is 6.19. The highest BCUT2D eigenvalue weighted by Gasteiger charge is 2.53. The van der Waals surface area contributed by atoms with Crippen LogP contribution in [0.3, 0.4) is 0 Å². The van der Waals surface area contributed by atoms with E-state index in [0.717, 1.165) is 24.3 Å². The van der Waals surface area contributed by atoms with E-state index < -0.39 is 34.9 Å². The minimum absolute atomic E-state index is 0.0585. The molecule has 152 valence electrons. The van der Waals surface area contributed by atoms with Gasteiger partial charge >= 0.3 is 6.18 Å². The number of benzene rings is 2. The maximum Gasteiger partial charge on any atom is 0.431 e. The summed E-state index contributed by atoms with van der Waals surface area (Å²) in [5, 5.41) is 25.5. The number of methoxy groups -OCH3 is 1. The Morgan fingerprint density at radius 1 is 1.28 bits per heavy atom. The fraction of sp³-hybridized carbons (Fsp3) is 0.222. The summed E-state index contributed by atoms with van der Waals surface area (Å²) in [6.07, 6.45) is -5.90. The molecule has 3 rings (SSSR count). The van der Waals surface area contributed by atoms with Gasteiger partial charge in [-0.05, 0) is 30.3 Å². The molecule has 0 aliphatic carbocycles. The van der Waals surface area contributed by atoms with Gasteiger partial charge in [0.2, 0.25) is 0 Å². The first kappa shape index (κ1) is 20.3. The van der Waals surface area contributed by atoms with Crippen LogP contribution in [0.4, 0.5) is 18.9 Å². The van der Waals surface area contributed by atoms with Crippen LogP contribution in [0.2, 0.25) is 0 Å². The summed E-state index contributed by atoms with van der Waals surface area (Å²) in [5.41, 5.74) is -4.35. The molecule has 0 bridgehead atoms. The number of carbonyl (C=O) groups is 1. The third-order valence-electron chi connectivity index (χ3n) is 4.36. The predicted molar refractivity (Wildman–Crippen MR) is 94.3 cm³/mol. The Bertz CT molecular complexity index is 991. The van der Waals surface area contributed by atoms with Crippen LogP contribution in [-0.4, -0.2) is 39.9 Å². The lowest BCUT2D eigenvalue weighted by atomic mass is 9.96. The Hall–Kier alpha value is -3.47. The number of nitrogens with zero attached hydrogens (tertiary/aromatic N) is 3. The van der Waals surface area contributed by atoms with Crippen molar-refractivity contribution in [2.45, 2.75) is 18.3 Å². The molecule has 0 spiro atoms. The monoisotopic (exact) mass is 409 g/mol. The van der Waals surface area contributed by atoms with Gasteiger partial charge in [-0.3, -0.25) is 14.9 Å². The molecular weight excluding hydrogens is 395 g/mol. The summed E-state index contributed by atoms with van der Waals surface area (Å²) >= 11 is 0. The highest BCUT2D eigenvalue weighted by Crippen LogP contribution is 2.41. The fourth-order valence-corrected chi connectivity index (χ4v) is 2.87. The summed E-state index contributed by atoms with van der Waals surface area (Å²) in [6, 6.07) is 9.83. The smallest absolute Gasteiger partial charge is 0.431 e. The lowest BCUT2D eigenvalue weighted by molar-refractivity contribution is -0.384. The van der Waals surface area contributed by atoms with Crippen molar-refractivity contribution in [1.82, 2.24) is 5.01 Å². The number of ether oxygens (including phenoxy) is 1. The Balaban J connectivity index is 2.06. The normalized spacial score (nSPS) is 19.1. The number of hydrogen-bond acceptors (Lipinski definition) is 6. The van der Waals surface area contributed by atoms with Crippen molar-refractivity contribution < 1.29 is 32.7 Å². The van der Waals surface area contributed by atoms with Crippen molar-refractivity contribution in [2.24, 2.45) is 5.10 Å². The van der Waals surface area contributed by atoms with Crippen molar-refractivity contribution >= 4 is 17.3 Å². The number of non-ortho nitro benzene ring substituents is 1. The second-order valence-corrected chi connectivity index (χ2v) is 6.19. The molecular formula is C18H14F3N3O5. The molecule has 1 heterocycles. The van der Waals surface area contributed by atoms with Crippen LogP contribution < -0.4 is 4.74 Å². The van der Waals surface area contributed by atoms with Gasteiger partial charge in [-0.15, -0.1) is 0 Å². The largest absolute Gasteiger partial charge is 0.497 e. The zero-order valence-electron chi connectivity index (χ0n) is 14.9. The van der Waals surface area contributed by atoms with Crippen LogP contribution in [-0.2, 0) is 5.72 Å². The third kappa shape index (κ3) is 3.76. The first-order valence-electron chi connectivity index (χ1n) is 8.17. The van der Waals surface area contributed by atoms with Crippen LogP contribution >= 0.6 is 0 Å². The van der Waals surface area contributed by atoms with Crippen molar-refractivity contribution in [3.05, 3.63) is 69.8 Å². The number of rotatable bonds is 4. The zero-order chi connectivity index (χ0) is 21.4. The number of hydrazone groups is 1. The van der Waals surface area contributed by atoms with Gasteiger partial charge in [0.15, 0.2) is 5.72 Å². The van der Waals surface area contributed by atoms with Crippen LogP contribution in [0.5, 0.6) is 5.75 Å². The molecule has 1 N–H and O–H groups in total. The van der Waals surface area contributed by atoms with Gasteiger partial charge in [-0.2, -0.15) is 23.3 Å². The SMILES string of the molecule is COc1cccc(C(=O)N2N=C(C(F)(F)F)C[C@]2(O)c2ccc([N+](=O)[O-])cc2)c1. The molecule has 1 aliphatic rings. The zero-order valence-corrected chi connectivity index (χ0v) is 14.9. The van der Waals surface area contributed by atoms with Crippen LogP contribution in [0.25, 0.3) is 0 Å². The quantitative estimate of drug-likeness (QED) is 0.617. The molecule has 2 aromatic carbocycles. The molecule has 0 saturated carbocycles. The number of nitro benzene ring substituents is 1. The van der Waals surface area contributed by atoms with E-state index in [-0.39, 0.29) is 22.6 Å². The molecule has 0 fully saturated rings. The minimum atomic E-state index is -4.88. The van der Waals surface area contributed by atoms with Crippen molar-refractivity contribution in [1.29, 1.82) is 0 Å². The van der Waals surface area contributed by atoms with E-state index in [1.54, 1.807) is 0 Å². The van der Waals surface area contributed by atoms with Crippen molar-refractivity contribution in [2.75, 3.05) is 7.11 Å². The van der Waals surface area contributed by atoms with Crippen LogP contribution in [0.15, 0.2) is 53.6 Å². The number of nitro groups is 1. The molecule has 0 aromatic heterocycles. The fourth-order valence-electron chi connectivity index (χ4n) is 2.87. The Morgan fingerprint density at radius 2 is 1.93 bits per heavy atom. The van der Waals surface area contributed by atoms with Gasteiger partial charge in [0.05, 0.1) is 18.5 Å². The van der Waals surface area contributed by atoms with E-state index in [1.165, 1.54) is 31.4 Å². The molecule has 0 unspecified atom stereocenters. The summed E-state index contributed by atoms with van der Waals surface area (Å²) in [4.78, 5) is 23.0. The van der Waals surface area contributed by atoms with Gasteiger partial charge in [-0.1, -0.05) is 6.07 Å². The Labute approximate surface area is 162 Å². The average Bonchev–Trinajstić information content (AvgIpc) is 3.06. The number of aliphatic hydroxyl groups is 1. The summed E-state index contributed by atoms with van der Waals surface area (Å²) < 4.78 is 44.8. The number of alkyl halides is 3. The molecule has 8 nitrogen and oxygen atoms in total. The summed E-state index contributed by atoms with van der Waals surface area (Å²) in [6.45, 7) is 0. The van der Waals surface area contributed by atoms with E-state index in [4.69, 9.17) is 4.74 Å². The molecule has 0 saturated heterocycles. The standard InChI is InChI=1S/C18H14F3N3O5/c1-29-14-4-2-3-11(9-14)16(25)23-17(26,10-15(22-23)18(19,20)21)12-5-7-13(8-6-12)24(27)28/h2-9,26H,10H2,1H3/t17-/m0/s1. The maximum absolute atomic E-state index is 13.3. The van der Waals surface area contributed by atoms with E-state index >= 15 is 0 Å². The lowest BCUT2D eigenvalue weighted by Gasteiger charge is -2.31. The summed E-state index contributed by atoms with van der Waals surface area (Å²) in [7, 11) is 1.35. The van der Waals surface area contributed by atoms with Gasteiger partial charge in [0, 0.05) is 23.3 Å². The number of carbonyl (C=O) groups excluding carboxylic acids is 1. The number of hydrogen-bond donors (Lipinski definition) is 1. The maximum atomic E-state index is 13.3. The Kier molecular flexibility index (Phi) is 5.01. The lowest BCUT2D eigenvalue weighted by Crippen LogP contribution is -2.43. The van der Waals surface area contributed by atoms with E-state index in [9.17, 15) is 33.2 Å². The summed E-state index contributed by atoms with van der Waals surface area (Å²) in [5.74, 6) is -0.710. The second kappa shape index (κ2) is 7.17. The molecule has 1 amide bonds. The average molecular weight is 409 g/mol. The van der Waals surface area contributed by atoms with Gasteiger partial charge < -0.3 is 9.84 Å². The molecule has 0 radical (unpaired) electrons. The van der Waals surface area contributed by atoms with Gasteiger partial charge in [0.25, 0.3) is 11.6 Å². The molecule has 1 atom stereocenters. The Morgan fingerprint density at radius 3 is 2.48 bits per heavy atom. The van der Waals surface area contributed by atoms with E-state index in [1.807, 2.05) is 0 Å². The molecule has 1 aliphatic heterocycles. The highest BCUT2D eigenvalue weighted by molar-refractivity contribution is 6.00. The van der Waals surface area contributed by atoms with Crippen molar-refractivity contribution in [3.63, 3.8) is 0 Å². The first-order chi connectivity index (χ1) is 13.6. The third-order valence-corrected chi connectivity index (χ3v) is 4.36. The van der Waals surface area contributed by atoms with Crippen LogP contribution in [0, 0.1) is 10.1 Å². The van der Waals surface area contributed by atoms with Crippen molar-refractivity contribution in [3.8, 4) is 5.75 Å². The minimum Gasteiger partial charge on any atom is -0.497 e. The predicted octanol–water partition coefficient (Wildman–Crippen LogP) is 3.21. The topological polar surface area (TPSA) is 105 Å². The number of amides is 1. The van der Waals surface area contributed by atoms with Gasteiger partial charge in [-0.25, -0.2) is 0 Å². The highest BCUT2D eigenvalue weighted by atomic mass is 19.4. The van der Waals surface area contributed by atoms with Crippen LogP contribution in [0.1, 0.15) is 22.3 Å².